The minimum absolute atomic E-state index is 0. The van der Waals surface area contributed by atoms with E-state index >= 15 is 0 Å². The van der Waals surface area contributed by atoms with Gasteiger partial charge in [0.15, 0.2) is 0 Å². The number of pyridine rings is 6. The van der Waals surface area contributed by atoms with Crippen LogP contribution in [0.15, 0.2) is 110 Å². The maximum absolute atomic E-state index is 5.13. The van der Waals surface area contributed by atoms with E-state index in [0.29, 0.717) is 0 Å². The number of methoxy groups -OCH3 is 6. The van der Waals surface area contributed by atoms with Gasteiger partial charge < -0.3 is 28.4 Å². The molecule has 0 saturated heterocycles. The summed E-state index contributed by atoms with van der Waals surface area (Å²) >= 11 is 0. The monoisotopic (exact) mass is 707 g/mol. The Balaban J connectivity index is 0.000000197. The van der Waals surface area contributed by atoms with Crippen molar-refractivity contribution in [3.8, 4) is 68.7 Å². The average Bonchev–Trinajstić information content (AvgIpc) is 3.18. The second-order valence-corrected chi connectivity index (χ2v) is 9.49. The van der Waals surface area contributed by atoms with Crippen LogP contribution >= 0.6 is 0 Å². The molecule has 0 N–H and O–H groups in total. The van der Waals surface area contributed by atoms with Crippen LogP contribution in [0, 0.1) is 0 Å². The molecule has 0 amide bonds. The molecule has 6 aromatic heterocycles. The first-order chi connectivity index (χ1) is 23.5. The van der Waals surface area contributed by atoms with Crippen molar-refractivity contribution in [1.82, 2.24) is 29.9 Å². The molecule has 0 atom stereocenters. The van der Waals surface area contributed by atoms with E-state index < -0.39 is 0 Å². The van der Waals surface area contributed by atoms with Crippen molar-refractivity contribution >= 4 is 0 Å². The zero-order valence-corrected chi connectivity index (χ0v) is 28.9. The summed E-state index contributed by atoms with van der Waals surface area (Å²) in [6.45, 7) is 0. The van der Waals surface area contributed by atoms with Crippen LogP contribution in [-0.2, 0) is 16.8 Å². The SMILES string of the molecule is COc1ccnc(-c2cc(OC)ccn2)c1.COc1ccnc(-c2cc(OC)ccn2)c1.COc1ccnc(-c2cc(OC)ccn2)c1.[Co+2]. The standard InChI is InChI=1S/3C12H12N2O2.Co/c3*1-15-9-3-5-13-11(7-9)12-8-10(16-2)4-6-14-12;/h3*3-8H,1-2H3;/q;;;+2. The summed E-state index contributed by atoms with van der Waals surface area (Å²) in [4.78, 5) is 25.4. The van der Waals surface area contributed by atoms with Crippen LogP contribution in [0.2, 0.25) is 0 Å². The van der Waals surface area contributed by atoms with Gasteiger partial charge in [0.2, 0.25) is 0 Å². The normalized spacial score (nSPS) is 9.67. The molecule has 0 aliphatic carbocycles. The van der Waals surface area contributed by atoms with Gasteiger partial charge in [0.1, 0.15) is 34.5 Å². The van der Waals surface area contributed by atoms with Crippen molar-refractivity contribution < 1.29 is 45.2 Å². The van der Waals surface area contributed by atoms with Crippen molar-refractivity contribution in [3.63, 3.8) is 0 Å². The summed E-state index contributed by atoms with van der Waals surface area (Å²) in [6.07, 6.45) is 10.1. The minimum atomic E-state index is 0. The van der Waals surface area contributed by atoms with E-state index in [-0.39, 0.29) is 16.8 Å². The molecule has 0 aliphatic heterocycles. The Morgan fingerprint density at radius 1 is 0.286 bits per heavy atom. The van der Waals surface area contributed by atoms with Crippen LogP contribution in [-0.4, -0.2) is 72.6 Å². The Hall–Kier alpha value is -5.79. The van der Waals surface area contributed by atoms with Gasteiger partial charge in [-0.3, -0.25) is 29.9 Å². The van der Waals surface area contributed by atoms with Crippen LogP contribution < -0.4 is 28.4 Å². The first-order valence-electron chi connectivity index (χ1n) is 14.5. The number of hydrogen-bond acceptors (Lipinski definition) is 12. The molecular weight excluding hydrogens is 671 g/mol. The summed E-state index contributed by atoms with van der Waals surface area (Å²) in [7, 11) is 9.74. The first-order valence-corrected chi connectivity index (χ1v) is 14.5. The maximum atomic E-state index is 5.13. The van der Waals surface area contributed by atoms with Crippen LogP contribution in [0.4, 0.5) is 0 Å². The van der Waals surface area contributed by atoms with Crippen LogP contribution in [0.1, 0.15) is 0 Å². The number of ether oxygens (including phenoxy) is 6. The molecule has 6 aromatic rings. The third-order valence-corrected chi connectivity index (χ3v) is 6.59. The largest absolute Gasteiger partial charge is 2.00 e. The Morgan fingerprint density at radius 3 is 0.551 bits per heavy atom. The number of aromatic nitrogens is 6. The molecule has 0 bridgehead atoms. The van der Waals surface area contributed by atoms with E-state index in [9.17, 15) is 0 Å². The second-order valence-electron chi connectivity index (χ2n) is 9.49. The predicted octanol–water partition coefficient (Wildman–Crippen LogP) is 6.48. The van der Waals surface area contributed by atoms with E-state index in [1.807, 2.05) is 36.4 Å². The molecule has 6 heterocycles. The van der Waals surface area contributed by atoms with Gasteiger partial charge in [-0.05, 0) is 36.4 Å². The van der Waals surface area contributed by atoms with Crippen LogP contribution in [0.3, 0.4) is 0 Å². The summed E-state index contributed by atoms with van der Waals surface area (Å²) in [5, 5.41) is 0. The molecule has 0 fully saturated rings. The molecule has 253 valence electrons. The van der Waals surface area contributed by atoms with Gasteiger partial charge in [-0.25, -0.2) is 0 Å². The minimum Gasteiger partial charge on any atom is -0.497 e. The van der Waals surface area contributed by atoms with Gasteiger partial charge in [0.05, 0.1) is 76.8 Å². The summed E-state index contributed by atoms with van der Waals surface area (Å²) in [6, 6.07) is 21.8. The third kappa shape index (κ3) is 11.2. The fourth-order valence-electron chi connectivity index (χ4n) is 4.07. The summed E-state index contributed by atoms with van der Waals surface area (Å²) in [5.41, 5.74) is 4.57. The molecule has 12 nitrogen and oxygen atoms in total. The molecule has 0 unspecified atom stereocenters. The van der Waals surface area contributed by atoms with Crippen molar-refractivity contribution in [2.45, 2.75) is 0 Å². The average molecular weight is 708 g/mol. The van der Waals surface area contributed by atoms with E-state index in [0.717, 1.165) is 68.7 Å². The van der Waals surface area contributed by atoms with Gasteiger partial charge in [-0.2, -0.15) is 0 Å². The molecule has 49 heavy (non-hydrogen) atoms. The molecule has 0 saturated carbocycles. The molecule has 6 rings (SSSR count). The van der Waals surface area contributed by atoms with Gasteiger partial charge in [0.25, 0.3) is 0 Å². The first kappa shape index (κ1) is 37.7. The number of rotatable bonds is 9. The Kier molecular flexibility index (Phi) is 15.2. The van der Waals surface area contributed by atoms with E-state index in [1.165, 1.54) is 0 Å². The van der Waals surface area contributed by atoms with Crippen molar-refractivity contribution in [3.05, 3.63) is 110 Å². The Labute approximate surface area is 295 Å². The Bertz CT molecular complexity index is 1540. The fourth-order valence-corrected chi connectivity index (χ4v) is 4.07. The van der Waals surface area contributed by atoms with Gasteiger partial charge in [-0.15, -0.1) is 0 Å². The van der Waals surface area contributed by atoms with Crippen molar-refractivity contribution in [2.75, 3.05) is 42.7 Å². The molecular formula is C36H36CoN6O6+2. The van der Waals surface area contributed by atoms with Gasteiger partial charge in [0, 0.05) is 73.6 Å². The molecule has 1 radical (unpaired) electrons. The van der Waals surface area contributed by atoms with Gasteiger partial charge in [-0.1, -0.05) is 0 Å². The van der Waals surface area contributed by atoms with Crippen LogP contribution in [0.5, 0.6) is 34.5 Å². The predicted molar refractivity (Wildman–Crippen MR) is 182 cm³/mol. The van der Waals surface area contributed by atoms with Crippen LogP contribution in [0.25, 0.3) is 34.2 Å². The zero-order chi connectivity index (χ0) is 34.1. The molecule has 0 spiro atoms. The van der Waals surface area contributed by atoms with Crippen molar-refractivity contribution in [1.29, 1.82) is 0 Å². The molecule has 13 heteroatoms. The zero-order valence-electron chi connectivity index (χ0n) is 27.9. The van der Waals surface area contributed by atoms with E-state index in [4.69, 9.17) is 28.4 Å². The Morgan fingerprint density at radius 2 is 0.429 bits per heavy atom. The summed E-state index contributed by atoms with van der Waals surface area (Å²) in [5.74, 6) is 4.55. The topological polar surface area (TPSA) is 133 Å². The smallest absolute Gasteiger partial charge is 0.497 e. The second kappa shape index (κ2) is 19.8. The number of nitrogens with zero attached hydrogens (tertiary/aromatic N) is 6. The summed E-state index contributed by atoms with van der Waals surface area (Å²) < 4.78 is 30.8. The van der Waals surface area contributed by atoms with E-state index in [2.05, 4.69) is 29.9 Å². The van der Waals surface area contributed by atoms with E-state index in [1.54, 1.807) is 116 Å². The van der Waals surface area contributed by atoms with Gasteiger partial charge >= 0.3 is 16.8 Å². The quantitative estimate of drug-likeness (QED) is 0.163. The third-order valence-electron chi connectivity index (χ3n) is 6.59. The van der Waals surface area contributed by atoms with Crippen molar-refractivity contribution in [2.24, 2.45) is 0 Å². The molecule has 0 aliphatic rings. The maximum Gasteiger partial charge on any atom is 2.00 e. The number of hydrogen-bond donors (Lipinski definition) is 0. The fraction of sp³-hybridized carbons (Fsp3) is 0.167. The molecule has 0 aromatic carbocycles.